The molecule has 3 heterocycles. The lowest BCUT2D eigenvalue weighted by atomic mass is 9.73. The molecule has 0 aliphatic carbocycles. The summed E-state index contributed by atoms with van der Waals surface area (Å²) in [5.41, 5.74) is 3.10. The molecule has 1 amide bonds. The Balaban J connectivity index is 1.54. The minimum absolute atomic E-state index is 0.163. The molecule has 1 aromatic heterocycles. The minimum Gasteiger partial charge on any atom is -0.381 e. The first-order chi connectivity index (χ1) is 14.3. The Morgan fingerprint density at radius 1 is 1.07 bits per heavy atom. The molecule has 5 nitrogen and oxygen atoms in total. The molecular weight excluding hydrogens is 364 g/mol. The summed E-state index contributed by atoms with van der Waals surface area (Å²) >= 11 is 0. The number of rotatable bonds is 6. The van der Waals surface area contributed by atoms with E-state index in [0.717, 1.165) is 50.9 Å². The van der Waals surface area contributed by atoms with Gasteiger partial charge >= 0.3 is 0 Å². The first kappa shape index (κ1) is 20.0. The average Bonchev–Trinajstić information content (AvgIpc) is 2.80. The maximum atomic E-state index is 13.4. The zero-order chi connectivity index (χ0) is 19.9. The predicted octanol–water partition coefficient (Wildman–Crippen LogP) is 3.63. The number of hydrogen-bond acceptors (Lipinski definition) is 4. The zero-order valence-electron chi connectivity index (χ0n) is 16.9. The molecule has 2 fully saturated rings. The summed E-state index contributed by atoms with van der Waals surface area (Å²) in [6.45, 7) is 3.57. The number of amides is 1. The topological polar surface area (TPSA) is 60.5 Å². The van der Waals surface area contributed by atoms with Crippen molar-refractivity contribution in [3.8, 4) is 11.1 Å². The van der Waals surface area contributed by atoms with Crippen molar-refractivity contribution < 1.29 is 14.3 Å². The molecule has 1 unspecified atom stereocenters. The largest absolute Gasteiger partial charge is 0.381 e. The Bertz CT molecular complexity index is 797. The van der Waals surface area contributed by atoms with Crippen molar-refractivity contribution in [3.63, 3.8) is 0 Å². The van der Waals surface area contributed by atoms with Crippen LogP contribution in [0.2, 0.25) is 0 Å². The van der Waals surface area contributed by atoms with Crippen LogP contribution in [0.1, 0.15) is 31.2 Å². The normalized spacial score (nSPS) is 21.4. The molecule has 4 rings (SSSR count). The lowest BCUT2D eigenvalue weighted by molar-refractivity contribution is -0.137. The number of nitrogens with zero attached hydrogens (tertiary/aromatic N) is 1. The molecule has 5 heteroatoms. The van der Waals surface area contributed by atoms with E-state index in [2.05, 4.69) is 34.6 Å². The maximum absolute atomic E-state index is 13.4. The quantitative estimate of drug-likeness (QED) is 0.813. The highest BCUT2D eigenvalue weighted by Gasteiger charge is 2.40. The monoisotopic (exact) mass is 394 g/mol. The summed E-state index contributed by atoms with van der Waals surface area (Å²) in [6.07, 6.45) is 8.07. The van der Waals surface area contributed by atoms with Crippen molar-refractivity contribution in [3.05, 3.63) is 54.4 Å². The number of benzene rings is 1. The number of carbonyl (C=O) groups is 1. The van der Waals surface area contributed by atoms with E-state index in [4.69, 9.17) is 9.47 Å². The van der Waals surface area contributed by atoms with Crippen LogP contribution in [0.25, 0.3) is 11.1 Å². The van der Waals surface area contributed by atoms with E-state index in [-0.39, 0.29) is 5.91 Å². The van der Waals surface area contributed by atoms with Gasteiger partial charge in [0.15, 0.2) is 0 Å². The van der Waals surface area contributed by atoms with Crippen molar-refractivity contribution in [1.29, 1.82) is 0 Å². The van der Waals surface area contributed by atoms with Crippen LogP contribution >= 0.6 is 0 Å². The van der Waals surface area contributed by atoms with Gasteiger partial charge in [-0.15, -0.1) is 0 Å². The Morgan fingerprint density at radius 2 is 1.86 bits per heavy atom. The van der Waals surface area contributed by atoms with Crippen LogP contribution in [0.5, 0.6) is 0 Å². The standard InChI is InChI=1S/C24H30N2O3/c27-23(26-17-19-4-3-13-29-18-19)24(9-14-28-15-10-24)16-21-5-1-2-6-22(21)20-7-11-25-12-8-20/h1-2,5-8,11-12,19H,3-4,9-10,13-18H2,(H,26,27). The molecule has 1 atom stereocenters. The molecule has 0 radical (unpaired) electrons. The molecule has 2 aliphatic rings. The molecule has 0 bridgehead atoms. The molecule has 1 aromatic carbocycles. The highest BCUT2D eigenvalue weighted by molar-refractivity contribution is 5.83. The van der Waals surface area contributed by atoms with Gasteiger partial charge in [-0.25, -0.2) is 0 Å². The molecule has 0 spiro atoms. The van der Waals surface area contributed by atoms with Gasteiger partial charge in [-0.05, 0) is 66.8 Å². The van der Waals surface area contributed by atoms with Gasteiger partial charge in [-0.2, -0.15) is 0 Å². The summed E-state index contributed by atoms with van der Waals surface area (Å²) in [6, 6.07) is 12.4. The second-order valence-corrected chi connectivity index (χ2v) is 8.26. The Hall–Kier alpha value is -2.24. The highest BCUT2D eigenvalue weighted by atomic mass is 16.5. The van der Waals surface area contributed by atoms with Crippen molar-refractivity contribution in [2.75, 3.05) is 33.0 Å². The van der Waals surface area contributed by atoms with Crippen molar-refractivity contribution in [2.24, 2.45) is 11.3 Å². The van der Waals surface area contributed by atoms with Crippen molar-refractivity contribution >= 4 is 5.91 Å². The van der Waals surface area contributed by atoms with Crippen molar-refractivity contribution in [2.45, 2.75) is 32.1 Å². The van der Waals surface area contributed by atoms with Gasteiger partial charge < -0.3 is 14.8 Å². The first-order valence-corrected chi connectivity index (χ1v) is 10.7. The van der Waals surface area contributed by atoms with Crippen LogP contribution in [0.3, 0.4) is 0 Å². The van der Waals surface area contributed by atoms with Gasteiger partial charge in [0.25, 0.3) is 0 Å². The van der Waals surface area contributed by atoms with Crippen LogP contribution in [0.15, 0.2) is 48.8 Å². The van der Waals surface area contributed by atoms with Crippen LogP contribution in [-0.4, -0.2) is 43.9 Å². The summed E-state index contributed by atoms with van der Waals surface area (Å²) in [5.74, 6) is 0.588. The third kappa shape index (κ3) is 4.85. The molecular formula is C24H30N2O3. The third-order valence-electron chi connectivity index (χ3n) is 6.28. The van der Waals surface area contributed by atoms with Gasteiger partial charge in [0, 0.05) is 38.8 Å². The second-order valence-electron chi connectivity index (χ2n) is 8.26. The smallest absolute Gasteiger partial charge is 0.226 e. The molecule has 2 saturated heterocycles. The summed E-state index contributed by atoms with van der Waals surface area (Å²) < 4.78 is 11.2. The minimum atomic E-state index is -0.420. The van der Waals surface area contributed by atoms with E-state index >= 15 is 0 Å². The number of pyridine rings is 1. The van der Waals surface area contributed by atoms with Crippen LogP contribution in [0.4, 0.5) is 0 Å². The lowest BCUT2D eigenvalue weighted by Gasteiger charge is -2.37. The Morgan fingerprint density at radius 3 is 2.62 bits per heavy atom. The zero-order valence-corrected chi connectivity index (χ0v) is 16.9. The summed E-state index contributed by atoms with van der Waals surface area (Å²) in [7, 11) is 0. The van der Waals surface area contributed by atoms with Crippen molar-refractivity contribution in [1.82, 2.24) is 10.3 Å². The van der Waals surface area contributed by atoms with E-state index in [9.17, 15) is 4.79 Å². The van der Waals surface area contributed by atoms with Gasteiger partial charge in [-0.3, -0.25) is 9.78 Å². The SMILES string of the molecule is O=C(NCC1CCCOC1)C1(Cc2ccccc2-c2ccncc2)CCOCC1. The molecule has 2 aliphatic heterocycles. The molecule has 2 aromatic rings. The fourth-order valence-electron chi connectivity index (χ4n) is 4.49. The van der Waals surface area contributed by atoms with E-state index in [0.29, 0.717) is 25.7 Å². The second kappa shape index (κ2) is 9.51. The van der Waals surface area contributed by atoms with Gasteiger partial charge in [0.05, 0.1) is 12.0 Å². The first-order valence-electron chi connectivity index (χ1n) is 10.7. The number of nitrogens with one attached hydrogen (secondary N) is 1. The van der Waals surface area contributed by atoms with Gasteiger partial charge in [-0.1, -0.05) is 24.3 Å². The lowest BCUT2D eigenvalue weighted by Crippen LogP contribution is -2.47. The fraction of sp³-hybridized carbons (Fsp3) is 0.500. The fourth-order valence-corrected chi connectivity index (χ4v) is 4.49. The summed E-state index contributed by atoms with van der Waals surface area (Å²) in [5, 5.41) is 3.26. The van der Waals surface area contributed by atoms with E-state index < -0.39 is 5.41 Å². The average molecular weight is 395 g/mol. The van der Waals surface area contributed by atoms with Gasteiger partial charge in [0.1, 0.15) is 0 Å². The highest BCUT2D eigenvalue weighted by Crippen LogP contribution is 2.37. The van der Waals surface area contributed by atoms with E-state index in [1.54, 1.807) is 0 Å². The Kier molecular flexibility index (Phi) is 6.57. The van der Waals surface area contributed by atoms with Crippen LogP contribution < -0.4 is 5.32 Å². The van der Waals surface area contributed by atoms with Gasteiger partial charge in [0.2, 0.25) is 5.91 Å². The van der Waals surface area contributed by atoms with Crippen LogP contribution in [0, 0.1) is 11.3 Å². The summed E-state index contributed by atoms with van der Waals surface area (Å²) in [4.78, 5) is 17.5. The molecule has 0 saturated carbocycles. The molecule has 29 heavy (non-hydrogen) atoms. The number of hydrogen-bond donors (Lipinski definition) is 1. The molecule has 154 valence electrons. The van der Waals surface area contributed by atoms with E-state index in [1.165, 1.54) is 11.1 Å². The van der Waals surface area contributed by atoms with Crippen LogP contribution in [-0.2, 0) is 20.7 Å². The maximum Gasteiger partial charge on any atom is 0.226 e. The predicted molar refractivity (Wildman–Crippen MR) is 112 cm³/mol. The van der Waals surface area contributed by atoms with E-state index in [1.807, 2.05) is 24.5 Å². The number of carbonyl (C=O) groups excluding carboxylic acids is 1. The molecule has 1 N–H and O–H groups in total. The third-order valence-corrected chi connectivity index (χ3v) is 6.28. The number of ether oxygens (including phenoxy) is 2. The number of aromatic nitrogens is 1. The Labute approximate surface area is 172 Å².